The molecule has 32 heavy (non-hydrogen) atoms. The molecular formula is C25H30N4O3. The van der Waals surface area contributed by atoms with E-state index in [1.807, 2.05) is 70.2 Å². The number of aromatic nitrogens is 1. The SMILES string of the molecule is CC(C)Oc1ccc(C2=C(N3CCN(c4ccccn4)CC3)C(=O)N(C(C)C)C2=O)cc1. The van der Waals surface area contributed by atoms with Gasteiger partial charge in [0.15, 0.2) is 0 Å². The van der Waals surface area contributed by atoms with Crippen LogP contribution in [0.15, 0.2) is 54.4 Å². The summed E-state index contributed by atoms with van der Waals surface area (Å²) >= 11 is 0. The number of benzene rings is 1. The molecular weight excluding hydrogens is 404 g/mol. The van der Waals surface area contributed by atoms with Gasteiger partial charge in [-0.05, 0) is 57.5 Å². The van der Waals surface area contributed by atoms with Gasteiger partial charge in [-0.15, -0.1) is 0 Å². The first-order valence-corrected chi connectivity index (χ1v) is 11.2. The molecule has 1 saturated heterocycles. The summed E-state index contributed by atoms with van der Waals surface area (Å²) in [6, 6.07) is 13.1. The van der Waals surface area contributed by atoms with Crippen molar-refractivity contribution in [2.24, 2.45) is 0 Å². The van der Waals surface area contributed by atoms with Gasteiger partial charge in [0.25, 0.3) is 11.8 Å². The van der Waals surface area contributed by atoms with Gasteiger partial charge in [0.1, 0.15) is 17.3 Å². The van der Waals surface area contributed by atoms with E-state index < -0.39 is 0 Å². The van der Waals surface area contributed by atoms with E-state index in [0.29, 0.717) is 24.4 Å². The lowest BCUT2D eigenvalue weighted by atomic mass is 10.0. The highest BCUT2D eigenvalue weighted by Gasteiger charge is 2.43. The molecule has 0 unspecified atom stereocenters. The molecule has 0 bridgehead atoms. The fourth-order valence-electron chi connectivity index (χ4n) is 4.23. The number of carbonyl (C=O) groups excluding carboxylic acids is 2. The van der Waals surface area contributed by atoms with E-state index in [9.17, 15) is 9.59 Å². The molecule has 2 aliphatic rings. The summed E-state index contributed by atoms with van der Waals surface area (Å²) < 4.78 is 5.74. The molecule has 0 atom stereocenters. The predicted octanol–water partition coefficient (Wildman–Crippen LogP) is 3.18. The Balaban J connectivity index is 1.63. The molecule has 0 spiro atoms. The van der Waals surface area contributed by atoms with Crippen molar-refractivity contribution in [3.05, 3.63) is 59.9 Å². The number of piperazine rings is 1. The maximum atomic E-state index is 13.4. The number of imide groups is 1. The van der Waals surface area contributed by atoms with Gasteiger partial charge >= 0.3 is 0 Å². The maximum absolute atomic E-state index is 13.4. The molecule has 0 saturated carbocycles. The van der Waals surface area contributed by atoms with E-state index in [-0.39, 0.29) is 24.0 Å². The Morgan fingerprint density at radius 3 is 2.06 bits per heavy atom. The minimum atomic E-state index is -0.232. The number of amides is 2. The van der Waals surface area contributed by atoms with Crippen LogP contribution in [0, 0.1) is 0 Å². The summed E-state index contributed by atoms with van der Waals surface area (Å²) in [5.74, 6) is 1.23. The fourth-order valence-corrected chi connectivity index (χ4v) is 4.23. The number of ether oxygens (including phenoxy) is 1. The largest absolute Gasteiger partial charge is 0.491 e. The van der Waals surface area contributed by atoms with Gasteiger partial charge in [-0.2, -0.15) is 0 Å². The Morgan fingerprint density at radius 1 is 0.844 bits per heavy atom. The normalized spacial score (nSPS) is 17.2. The van der Waals surface area contributed by atoms with Gasteiger partial charge in [-0.25, -0.2) is 4.98 Å². The zero-order chi connectivity index (χ0) is 22.8. The van der Waals surface area contributed by atoms with Crippen molar-refractivity contribution in [2.75, 3.05) is 31.1 Å². The third-order valence-corrected chi connectivity index (χ3v) is 5.69. The predicted molar refractivity (Wildman–Crippen MR) is 124 cm³/mol. The minimum absolute atomic E-state index is 0.0668. The zero-order valence-corrected chi connectivity index (χ0v) is 19.1. The van der Waals surface area contributed by atoms with Crippen LogP contribution in [0.5, 0.6) is 5.75 Å². The first-order chi connectivity index (χ1) is 15.4. The van der Waals surface area contributed by atoms with Crippen molar-refractivity contribution >= 4 is 23.2 Å². The molecule has 4 rings (SSSR count). The van der Waals surface area contributed by atoms with E-state index in [1.165, 1.54) is 4.90 Å². The number of anilines is 1. The van der Waals surface area contributed by atoms with Crippen LogP contribution in [0.25, 0.3) is 5.57 Å². The Hall–Kier alpha value is -3.35. The van der Waals surface area contributed by atoms with Gasteiger partial charge in [-0.3, -0.25) is 14.5 Å². The second-order valence-corrected chi connectivity index (χ2v) is 8.65. The summed E-state index contributed by atoms with van der Waals surface area (Å²) in [5, 5.41) is 0. The van der Waals surface area contributed by atoms with Crippen LogP contribution in [-0.2, 0) is 9.59 Å². The summed E-state index contributed by atoms with van der Waals surface area (Å²) in [6.45, 7) is 10.4. The first kappa shape index (κ1) is 21.9. The molecule has 1 fully saturated rings. The molecule has 7 nitrogen and oxygen atoms in total. The highest BCUT2D eigenvalue weighted by atomic mass is 16.5. The van der Waals surface area contributed by atoms with E-state index in [2.05, 4.69) is 14.8 Å². The average Bonchev–Trinajstić information content (AvgIpc) is 3.05. The number of rotatable bonds is 6. The molecule has 1 aromatic heterocycles. The quantitative estimate of drug-likeness (QED) is 0.651. The summed E-state index contributed by atoms with van der Waals surface area (Å²) in [7, 11) is 0. The smallest absolute Gasteiger partial charge is 0.278 e. The minimum Gasteiger partial charge on any atom is -0.491 e. The molecule has 168 valence electrons. The van der Waals surface area contributed by atoms with E-state index >= 15 is 0 Å². The van der Waals surface area contributed by atoms with E-state index in [4.69, 9.17) is 4.74 Å². The van der Waals surface area contributed by atoms with E-state index in [0.717, 1.165) is 30.2 Å². The molecule has 2 amide bonds. The van der Waals surface area contributed by atoms with Crippen molar-refractivity contribution in [2.45, 2.75) is 39.8 Å². The Bertz CT molecular complexity index is 1010. The van der Waals surface area contributed by atoms with Crippen molar-refractivity contribution in [1.82, 2.24) is 14.8 Å². The number of carbonyl (C=O) groups is 2. The Labute approximate surface area is 189 Å². The third kappa shape index (κ3) is 4.20. The maximum Gasteiger partial charge on any atom is 0.278 e. The van der Waals surface area contributed by atoms with Crippen LogP contribution in [0.1, 0.15) is 33.3 Å². The topological polar surface area (TPSA) is 66.0 Å². The molecule has 2 aromatic rings. The zero-order valence-electron chi connectivity index (χ0n) is 19.1. The molecule has 7 heteroatoms. The highest BCUT2D eigenvalue weighted by Crippen LogP contribution is 2.34. The van der Waals surface area contributed by atoms with Crippen LogP contribution in [0.3, 0.4) is 0 Å². The van der Waals surface area contributed by atoms with Crippen LogP contribution in [0.2, 0.25) is 0 Å². The second kappa shape index (κ2) is 9.02. The average molecular weight is 435 g/mol. The molecule has 2 aliphatic heterocycles. The van der Waals surface area contributed by atoms with Crippen molar-refractivity contribution in [3.8, 4) is 5.75 Å². The standard InChI is InChI=1S/C25H30N4O3/c1-17(2)29-24(30)22(19-8-10-20(11-9-19)32-18(3)4)23(25(29)31)28-15-13-27(14-16-28)21-7-5-6-12-26-21/h5-12,17-18H,13-16H2,1-4H3. The van der Waals surface area contributed by atoms with Crippen LogP contribution >= 0.6 is 0 Å². The van der Waals surface area contributed by atoms with Crippen LogP contribution in [0.4, 0.5) is 5.82 Å². The first-order valence-electron chi connectivity index (χ1n) is 11.2. The molecule has 0 aliphatic carbocycles. The Kier molecular flexibility index (Phi) is 6.17. The van der Waals surface area contributed by atoms with Crippen LogP contribution in [-0.4, -0.2) is 64.9 Å². The molecule has 3 heterocycles. The number of nitrogens with zero attached hydrogens (tertiary/aromatic N) is 4. The summed E-state index contributed by atoms with van der Waals surface area (Å²) in [5.41, 5.74) is 1.72. The number of hydrogen-bond acceptors (Lipinski definition) is 6. The lowest BCUT2D eigenvalue weighted by molar-refractivity contribution is -0.139. The van der Waals surface area contributed by atoms with Crippen molar-refractivity contribution in [1.29, 1.82) is 0 Å². The fraction of sp³-hybridized carbons (Fsp3) is 0.400. The second-order valence-electron chi connectivity index (χ2n) is 8.65. The van der Waals surface area contributed by atoms with Gasteiger partial charge in [0.05, 0.1) is 11.7 Å². The summed E-state index contributed by atoms with van der Waals surface area (Å²) in [4.78, 5) is 36.7. The molecule has 0 radical (unpaired) electrons. The highest BCUT2D eigenvalue weighted by molar-refractivity contribution is 6.35. The van der Waals surface area contributed by atoms with Gasteiger partial charge < -0.3 is 14.5 Å². The van der Waals surface area contributed by atoms with Gasteiger partial charge in [0, 0.05) is 38.4 Å². The van der Waals surface area contributed by atoms with Crippen molar-refractivity contribution < 1.29 is 14.3 Å². The summed E-state index contributed by atoms with van der Waals surface area (Å²) in [6.07, 6.45) is 1.85. The number of hydrogen-bond donors (Lipinski definition) is 0. The lowest BCUT2D eigenvalue weighted by Gasteiger charge is -2.37. The van der Waals surface area contributed by atoms with Crippen molar-refractivity contribution in [3.63, 3.8) is 0 Å². The third-order valence-electron chi connectivity index (χ3n) is 5.69. The molecule has 1 aromatic carbocycles. The molecule has 0 N–H and O–H groups in total. The Morgan fingerprint density at radius 2 is 1.50 bits per heavy atom. The lowest BCUT2D eigenvalue weighted by Crippen LogP contribution is -2.48. The van der Waals surface area contributed by atoms with Gasteiger partial charge in [-0.1, -0.05) is 18.2 Å². The number of pyridine rings is 1. The van der Waals surface area contributed by atoms with Gasteiger partial charge in [0.2, 0.25) is 0 Å². The van der Waals surface area contributed by atoms with E-state index in [1.54, 1.807) is 6.20 Å². The van der Waals surface area contributed by atoms with Crippen LogP contribution < -0.4 is 9.64 Å². The monoisotopic (exact) mass is 434 g/mol.